The Morgan fingerprint density at radius 2 is 2.16 bits per heavy atom. The predicted molar refractivity (Wildman–Crippen MR) is 79.2 cm³/mol. The molecule has 2 aliphatic rings. The first kappa shape index (κ1) is 15.2. The molecule has 3 N–H and O–H groups in total. The Morgan fingerprint density at radius 1 is 1.37 bits per heavy atom. The molecule has 3 atom stereocenters. The first-order valence-corrected chi connectivity index (χ1v) is 7.98. The molecule has 2 rings (SSSR count). The summed E-state index contributed by atoms with van der Waals surface area (Å²) in [7, 11) is 0. The van der Waals surface area contributed by atoms with Gasteiger partial charge in [-0.15, -0.1) is 0 Å². The van der Waals surface area contributed by atoms with Crippen LogP contribution in [-0.2, 0) is 0 Å². The molecule has 2 heterocycles. The van der Waals surface area contributed by atoms with E-state index in [9.17, 15) is 5.11 Å². The van der Waals surface area contributed by atoms with E-state index in [4.69, 9.17) is 5.73 Å². The van der Waals surface area contributed by atoms with Crippen molar-refractivity contribution in [1.82, 2.24) is 9.80 Å². The third-order valence-corrected chi connectivity index (χ3v) is 5.19. The molecule has 0 radical (unpaired) electrons. The molecule has 0 bridgehead atoms. The van der Waals surface area contributed by atoms with Crippen LogP contribution in [0.1, 0.15) is 46.0 Å². The van der Waals surface area contributed by atoms with Crippen molar-refractivity contribution in [1.29, 1.82) is 0 Å². The number of nitrogens with two attached hydrogens (primary N) is 1. The van der Waals surface area contributed by atoms with Gasteiger partial charge < -0.3 is 10.8 Å². The molecule has 0 aromatic heterocycles. The second-order valence-electron chi connectivity index (χ2n) is 6.52. The van der Waals surface area contributed by atoms with Crippen LogP contribution < -0.4 is 5.73 Å². The first-order valence-electron chi connectivity index (χ1n) is 7.98. The van der Waals surface area contributed by atoms with Gasteiger partial charge in [0.1, 0.15) is 0 Å². The topological polar surface area (TPSA) is 52.7 Å². The van der Waals surface area contributed by atoms with Gasteiger partial charge >= 0.3 is 0 Å². The van der Waals surface area contributed by atoms with Gasteiger partial charge in [0, 0.05) is 31.7 Å². The van der Waals surface area contributed by atoms with Crippen LogP contribution in [0.2, 0.25) is 0 Å². The highest BCUT2D eigenvalue weighted by Gasteiger charge is 2.34. The molecular formula is C15H31N3O. The van der Waals surface area contributed by atoms with Crippen LogP contribution in [0.5, 0.6) is 0 Å². The number of fused-ring (bicyclic) bond motifs is 1. The lowest BCUT2D eigenvalue weighted by atomic mass is 9.94. The molecule has 2 saturated heterocycles. The third-order valence-electron chi connectivity index (χ3n) is 5.19. The molecule has 3 unspecified atom stereocenters. The minimum absolute atomic E-state index is 0.384. The Bertz CT molecular complexity index is 281. The number of hydrogen-bond acceptors (Lipinski definition) is 4. The largest absolute Gasteiger partial charge is 0.389 e. The Hall–Kier alpha value is -0.160. The molecular weight excluding hydrogens is 238 g/mol. The van der Waals surface area contributed by atoms with Crippen molar-refractivity contribution in [3.8, 4) is 0 Å². The highest BCUT2D eigenvalue weighted by Crippen LogP contribution is 2.25. The number of aliphatic hydroxyl groups is 1. The maximum absolute atomic E-state index is 10.2. The van der Waals surface area contributed by atoms with Gasteiger partial charge in [-0.05, 0) is 52.1 Å². The van der Waals surface area contributed by atoms with Crippen molar-refractivity contribution >= 4 is 0 Å². The summed E-state index contributed by atoms with van der Waals surface area (Å²) in [5.74, 6) is 0. The molecule has 0 spiro atoms. The molecule has 4 nitrogen and oxygen atoms in total. The zero-order chi connectivity index (χ0) is 13.9. The van der Waals surface area contributed by atoms with Crippen LogP contribution in [0, 0.1) is 0 Å². The number of nitrogens with zero attached hydrogens (tertiary/aromatic N) is 2. The smallest absolute Gasteiger partial charge is 0.0767 e. The minimum atomic E-state index is -0.640. The highest BCUT2D eigenvalue weighted by molar-refractivity contribution is 4.90. The second-order valence-corrected chi connectivity index (χ2v) is 6.52. The summed E-state index contributed by atoms with van der Waals surface area (Å²) in [6.45, 7) is 9.58. The van der Waals surface area contributed by atoms with Gasteiger partial charge in [0.05, 0.1) is 5.60 Å². The summed E-state index contributed by atoms with van der Waals surface area (Å²) in [6.07, 6.45) is 5.38. The van der Waals surface area contributed by atoms with E-state index in [0.717, 1.165) is 31.8 Å². The summed E-state index contributed by atoms with van der Waals surface area (Å²) in [5.41, 5.74) is 5.02. The van der Waals surface area contributed by atoms with Crippen molar-refractivity contribution in [3.05, 3.63) is 0 Å². The second kappa shape index (κ2) is 6.53. The van der Waals surface area contributed by atoms with E-state index in [0.29, 0.717) is 12.6 Å². The lowest BCUT2D eigenvalue weighted by Crippen LogP contribution is -2.55. The summed E-state index contributed by atoms with van der Waals surface area (Å²) in [6, 6.07) is 1.44. The minimum Gasteiger partial charge on any atom is -0.389 e. The summed E-state index contributed by atoms with van der Waals surface area (Å²) in [5, 5.41) is 10.2. The summed E-state index contributed by atoms with van der Waals surface area (Å²) >= 11 is 0. The maximum Gasteiger partial charge on any atom is 0.0767 e. The summed E-state index contributed by atoms with van der Waals surface area (Å²) in [4.78, 5) is 5.27. The monoisotopic (exact) mass is 269 g/mol. The quantitative estimate of drug-likeness (QED) is 0.756. The van der Waals surface area contributed by atoms with E-state index < -0.39 is 5.60 Å². The van der Waals surface area contributed by atoms with E-state index in [1.54, 1.807) is 0 Å². The van der Waals surface area contributed by atoms with Crippen LogP contribution in [-0.4, -0.2) is 65.3 Å². The Morgan fingerprint density at radius 3 is 2.84 bits per heavy atom. The maximum atomic E-state index is 10.2. The van der Waals surface area contributed by atoms with E-state index in [1.807, 2.05) is 6.92 Å². The average molecular weight is 269 g/mol. The Labute approximate surface area is 117 Å². The highest BCUT2D eigenvalue weighted by atomic mass is 16.3. The fourth-order valence-corrected chi connectivity index (χ4v) is 3.59. The first-order chi connectivity index (χ1) is 9.08. The van der Waals surface area contributed by atoms with Gasteiger partial charge in [-0.3, -0.25) is 9.80 Å². The lowest BCUT2D eigenvalue weighted by molar-refractivity contribution is 0.0211. The molecule has 2 aliphatic heterocycles. The summed E-state index contributed by atoms with van der Waals surface area (Å²) < 4.78 is 0. The molecule has 4 heteroatoms. The van der Waals surface area contributed by atoms with Crippen LogP contribution in [0.4, 0.5) is 0 Å². The van der Waals surface area contributed by atoms with Crippen molar-refractivity contribution in [2.45, 2.75) is 63.6 Å². The van der Waals surface area contributed by atoms with Gasteiger partial charge in [0.15, 0.2) is 0 Å². The van der Waals surface area contributed by atoms with Gasteiger partial charge in [-0.25, -0.2) is 0 Å². The molecule has 112 valence electrons. The van der Waals surface area contributed by atoms with Crippen LogP contribution in [0.3, 0.4) is 0 Å². The van der Waals surface area contributed by atoms with E-state index in [1.165, 1.54) is 32.5 Å². The van der Waals surface area contributed by atoms with Crippen LogP contribution >= 0.6 is 0 Å². The third kappa shape index (κ3) is 3.69. The van der Waals surface area contributed by atoms with Crippen molar-refractivity contribution in [3.63, 3.8) is 0 Å². The van der Waals surface area contributed by atoms with Gasteiger partial charge in [0.2, 0.25) is 0 Å². The van der Waals surface area contributed by atoms with Crippen molar-refractivity contribution in [2.75, 3.05) is 32.7 Å². The number of rotatable bonds is 6. The van der Waals surface area contributed by atoms with Gasteiger partial charge in [-0.2, -0.15) is 0 Å². The molecule has 0 amide bonds. The molecule has 19 heavy (non-hydrogen) atoms. The fraction of sp³-hybridized carbons (Fsp3) is 1.00. The number of piperazine rings is 1. The van der Waals surface area contributed by atoms with Gasteiger partial charge in [-0.1, -0.05) is 6.92 Å². The average Bonchev–Trinajstić information content (AvgIpc) is 2.85. The van der Waals surface area contributed by atoms with Crippen molar-refractivity contribution in [2.24, 2.45) is 5.73 Å². The molecule has 0 aromatic rings. The molecule has 0 aliphatic carbocycles. The number of hydrogen-bond donors (Lipinski definition) is 2. The van der Waals surface area contributed by atoms with Crippen LogP contribution in [0.15, 0.2) is 0 Å². The standard InChI is InChI=1S/C15H31N3O/c1-3-15(19,12-16)7-5-9-17-11-14-6-4-8-18(14)10-13(17)2/h13-14,19H,3-12,16H2,1-2H3. The van der Waals surface area contributed by atoms with Gasteiger partial charge in [0.25, 0.3) is 0 Å². The zero-order valence-electron chi connectivity index (χ0n) is 12.6. The van der Waals surface area contributed by atoms with E-state index >= 15 is 0 Å². The lowest BCUT2D eigenvalue weighted by Gasteiger charge is -2.42. The van der Waals surface area contributed by atoms with E-state index in [2.05, 4.69) is 16.7 Å². The fourth-order valence-electron chi connectivity index (χ4n) is 3.59. The SMILES string of the molecule is CCC(O)(CN)CCCN1CC2CCCN2CC1C. The van der Waals surface area contributed by atoms with Crippen LogP contribution in [0.25, 0.3) is 0 Å². The zero-order valence-corrected chi connectivity index (χ0v) is 12.6. The molecule has 0 saturated carbocycles. The Balaban J connectivity index is 1.76. The molecule has 2 fully saturated rings. The normalized spacial score (nSPS) is 32.2. The van der Waals surface area contributed by atoms with Crippen molar-refractivity contribution < 1.29 is 5.11 Å². The molecule has 0 aromatic carbocycles. The predicted octanol–water partition coefficient (Wildman–Crippen LogP) is 1.03. The Kier molecular flexibility index (Phi) is 5.23. The van der Waals surface area contributed by atoms with E-state index in [-0.39, 0.29) is 0 Å².